The van der Waals surface area contributed by atoms with Gasteiger partial charge in [-0.2, -0.15) is 10.4 Å². The number of ether oxygens (including phenoxy) is 1. The second kappa shape index (κ2) is 9.76. The van der Waals surface area contributed by atoms with Crippen LogP contribution in [0.5, 0.6) is 0 Å². The van der Waals surface area contributed by atoms with Gasteiger partial charge in [0.1, 0.15) is 5.69 Å². The number of nitriles is 1. The topological polar surface area (TPSA) is 120 Å². The largest absolute Gasteiger partial charge is 0.465 e. The zero-order chi connectivity index (χ0) is 24.4. The molecule has 0 bridgehead atoms. The Morgan fingerprint density at radius 2 is 1.94 bits per heavy atom. The van der Waals surface area contributed by atoms with Gasteiger partial charge in [0.15, 0.2) is 6.23 Å². The highest BCUT2D eigenvalue weighted by molar-refractivity contribution is 5.97. The summed E-state index contributed by atoms with van der Waals surface area (Å²) in [6.45, 7) is 1.42. The number of hydrogen-bond acceptors (Lipinski definition) is 5. The van der Waals surface area contributed by atoms with Gasteiger partial charge in [-0.3, -0.25) is 4.79 Å². The van der Waals surface area contributed by atoms with Gasteiger partial charge in [0.05, 0.1) is 17.1 Å². The molecule has 0 spiro atoms. The van der Waals surface area contributed by atoms with E-state index in [1.54, 1.807) is 6.07 Å². The summed E-state index contributed by atoms with van der Waals surface area (Å²) < 4.78 is 7.89. The van der Waals surface area contributed by atoms with Crippen molar-refractivity contribution in [3.8, 4) is 17.3 Å². The van der Waals surface area contributed by atoms with Gasteiger partial charge in [-0.1, -0.05) is 12.1 Å². The van der Waals surface area contributed by atoms with E-state index >= 15 is 0 Å². The Kier molecular flexibility index (Phi) is 6.38. The van der Waals surface area contributed by atoms with Crippen molar-refractivity contribution in [1.29, 1.82) is 5.26 Å². The van der Waals surface area contributed by atoms with Crippen molar-refractivity contribution in [2.75, 3.05) is 25.0 Å². The molecule has 2 aliphatic rings. The van der Waals surface area contributed by atoms with Gasteiger partial charge in [0, 0.05) is 42.3 Å². The Bertz CT molecular complexity index is 1300. The van der Waals surface area contributed by atoms with E-state index < -0.39 is 6.09 Å². The lowest BCUT2D eigenvalue weighted by molar-refractivity contribution is -0.121. The number of aromatic nitrogens is 2. The molecule has 0 aliphatic carbocycles. The fourth-order valence-corrected chi connectivity index (χ4v) is 4.88. The summed E-state index contributed by atoms with van der Waals surface area (Å²) >= 11 is 0. The summed E-state index contributed by atoms with van der Waals surface area (Å²) in [4.78, 5) is 25.3. The van der Waals surface area contributed by atoms with Crippen LogP contribution >= 0.6 is 0 Å². The smallest absolute Gasteiger partial charge is 0.407 e. The number of anilines is 1. The van der Waals surface area contributed by atoms with Gasteiger partial charge in [0.2, 0.25) is 5.91 Å². The van der Waals surface area contributed by atoms with E-state index in [-0.39, 0.29) is 18.1 Å². The molecule has 5 rings (SSSR count). The molecule has 1 aromatic heterocycles. The maximum atomic E-state index is 12.8. The van der Waals surface area contributed by atoms with Crippen LogP contribution in [0.2, 0.25) is 0 Å². The summed E-state index contributed by atoms with van der Waals surface area (Å²) in [6.07, 6.45) is 2.92. The van der Waals surface area contributed by atoms with Crippen molar-refractivity contribution in [3.63, 3.8) is 0 Å². The second-order valence-corrected chi connectivity index (χ2v) is 9.07. The van der Waals surface area contributed by atoms with Crippen LogP contribution in [-0.2, 0) is 9.53 Å². The molecule has 0 saturated carbocycles. The first-order valence-corrected chi connectivity index (χ1v) is 12.0. The molecule has 3 aromatic rings. The van der Waals surface area contributed by atoms with E-state index in [9.17, 15) is 14.9 Å². The quantitative estimate of drug-likeness (QED) is 0.571. The van der Waals surface area contributed by atoms with Crippen LogP contribution in [0.25, 0.3) is 22.2 Å². The van der Waals surface area contributed by atoms with Crippen molar-refractivity contribution < 1.29 is 19.4 Å². The van der Waals surface area contributed by atoms with Crippen LogP contribution < -0.4 is 5.32 Å². The van der Waals surface area contributed by atoms with Crippen LogP contribution in [0.1, 0.15) is 43.9 Å². The first kappa shape index (κ1) is 22.9. The molecule has 35 heavy (non-hydrogen) atoms. The zero-order valence-electron chi connectivity index (χ0n) is 19.3. The number of nitrogens with zero attached hydrogens (tertiary/aromatic N) is 4. The van der Waals surface area contributed by atoms with Crippen LogP contribution in [-0.4, -0.2) is 51.5 Å². The average molecular weight is 474 g/mol. The molecule has 180 valence electrons. The highest BCUT2D eigenvalue weighted by Gasteiger charge is 2.27. The number of rotatable bonds is 4. The fraction of sp³-hybridized carbons (Fsp3) is 0.385. The van der Waals surface area contributed by atoms with Crippen LogP contribution in [0.15, 0.2) is 42.5 Å². The van der Waals surface area contributed by atoms with E-state index in [1.165, 1.54) is 4.90 Å². The highest BCUT2D eigenvalue weighted by Crippen LogP contribution is 2.34. The Morgan fingerprint density at radius 1 is 1.11 bits per heavy atom. The molecule has 3 heterocycles. The number of carbonyl (C=O) groups is 2. The Balaban J connectivity index is 1.42. The van der Waals surface area contributed by atoms with E-state index in [0.29, 0.717) is 43.8 Å². The third kappa shape index (κ3) is 4.70. The molecule has 2 aromatic carbocycles. The number of carboxylic acid groups (broad SMARTS) is 1. The molecule has 2 amide bonds. The number of amides is 2. The Hall–Kier alpha value is -3.90. The van der Waals surface area contributed by atoms with Gasteiger partial charge in [-0.05, 0) is 62.4 Å². The summed E-state index contributed by atoms with van der Waals surface area (Å²) in [6, 6.07) is 15.3. The number of nitrogens with one attached hydrogen (secondary N) is 1. The minimum Gasteiger partial charge on any atom is -0.465 e. The molecule has 9 heteroatoms. The van der Waals surface area contributed by atoms with Crippen molar-refractivity contribution >= 4 is 28.6 Å². The molecule has 0 radical (unpaired) electrons. The van der Waals surface area contributed by atoms with Gasteiger partial charge in [0.25, 0.3) is 0 Å². The minimum atomic E-state index is -0.943. The maximum absolute atomic E-state index is 12.8. The number of benzene rings is 2. The van der Waals surface area contributed by atoms with Crippen molar-refractivity contribution in [3.05, 3.63) is 48.0 Å². The molecule has 2 saturated heterocycles. The fourth-order valence-electron chi connectivity index (χ4n) is 4.88. The predicted molar refractivity (Wildman–Crippen MR) is 130 cm³/mol. The Labute approximate surface area is 202 Å². The highest BCUT2D eigenvalue weighted by atomic mass is 16.5. The van der Waals surface area contributed by atoms with Gasteiger partial charge in [-0.15, -0.1) is 0 Å². The predicted octanol–water partition coefficient (Wildman–Crippen LogP) is 4.60. The monoisotopic (exact) mass is 473 g/mol. The van der Waals surface area contributed by atoms with Crippen molar-refractivity contribution in [2.24, 2.45) is 5.92 Å². The van der Waals surface area contributed by atoms with Crippen molar-refractivity contribution in [2.45, 2.75) is 38.3 Å². The van der Waals surface area contributed by atoms with Crippen LogP contribution in [0.4, 0.5) is 10.5 Å². The van der Waals surface area contributed by atoms with Gasteiger partial charge in [-0.25, -0.2) is 9.48 Å². The second-order valence-electron chi connectivity index (χ2n) is 9.07. The van der Waals surface area contributed by atoms with Crippen LogP contribution in [0, 0.1) is 17.2 Å². The molecule has 2 N–H and O–H groups in total. The number of carbonyl (C=O) groups excluding carboxylic acids is 1. The lowest BCUT2D eigenvalue weighted by Gasteiger charge is -2.29. The van der Waals surface area contributed by atoms with Gasteiger partial charge >= 0.3 is 6.09 Å². The molecular weight excluding hydrogens is 446 g/mol. The van der Waals surface area contributed by atoms with Crippen molar-refractivity contribution in [1.82, 2.24) is 14.7 Å². The SMILES string of the molecule is N#Cc1ccc2c(c1)c(-c1cccc(NC(=O)C3CCN(C(=O)O)CC3)c1)nn2C1CCCCO1. The van der Waals surface area contributed by atoms with Crippen LogP contribution in [0.3, 0.4) is 0 Å². The molecule has 1 atom stereocenters. The summed E-state index contributed by atoms with van der Waals surface area (Å²) in [5.41, 5.74) is 3.68. The van der Waals surface area contributed by atoms with E-state index in [1.807, 2.05) is 41.1 Å². The molecule has 2 aliphatic heterocycles. The normalized spacial score (nSPS) is 18.8. The van der Waals surface area contributed by atoms with Gasteiger partial charge < -0.3 is 20.1 Å². The third-order valence-corrected chi connectivity index (χ3v) is 6.80. The zero-order valence-corrected chi connectivity index (χ0v) is 19.3. The number of likely N-dealkylation sites (tertiary alicyclic amines) is 1. The molecule has 9 nitrogen and oxygen atoms in total. The molecule has 2 fully saturated rings. The molecule has 1 unspecified atom stereocenters. The standard InChI is InChI=1S/C26H27N5O4/c27-16-17-7-8-22-21(14-17)24(29-31(22)23-6-1-2-13-35-23)19-4-3-5-20(15-19)28-25(32)18-9-11-30(12-10-18)26(33)34/h3-5,7-8,14-15,18,23H,1-2,6,9-13H2,(H,28,32)(H,33,34). The number of piperidine rings is 1. The minimum absolute atomic E-state index is 0.107. The van der Waals surface area contributed by atoms with E-state index in [0.717, 1.165) is 41.4 Å². The van der Waals surface area contributed by atoms with E-state index in [2.05, 4.69) is 11.4 Å². The third-order valence-electron chi connectivity index (χ3n) is 6.80. The number of fused-ring (bicyclic) bond motifs is 1. The number of hydrogen-bond donors (Lipinski definition) is 2. The maximum Gasteiger partial charge on any atom is 0.407 e. The lowest BCUT2D eigenvalue weighted by Crippen LogP contribution is -2.40. The Morgan fingerprint density at radius 3 is 2.66 bits per heavy atom. The molecular formula is C26H27N5O4. The van der Waals surface area contributed by atoms with E-state index in [4.69, 9.17) is 14.9 Å². The first-order valence-electron chi connectivity index (χ1n) is 12.0. The first-order chi connectivity index (χ1) is 17.0. The summed E-state index contributed by atoms with van der Waals surface area (Å²) in [5, 5.41) is 27.3. The summed E-state index contributed by atoms with van der Waals surface area (Å²) in [7, 11) is 0. The average Bonchev–Trinajstić information content (AvgIpc) is 3.28. The lowest BCUT2D eigenvalue weighted by atomic mass is 9.96. The summed E-state index contributed by atoms with van der Waals surface area (Å²) in [5.74, 6) is -0.333.